The van der Waals surface area contributed by atoms with Crippen LogP contribution in [-0.4, -0.2) is 30.3 Å². The first kappa shape index (κ1) is 19.0. The molecule has 0 saturated heterocycles. The van der Waals surface area contributed by atoms with Gasteiger partial charge in [0.25, 0.3) is 12.3 Å². The Morgan fingerprint density at radius 1 is 1.21 bits per heavy atom. The molecule has 0 unspecified atom stereocenters. The summed E-state index contributed by atoms with van der Waals surface area (Å²) >= 11 is 6.05. The van der Waals surface area contributed by atoms with E-state index in [2.05, 4.69) is 20.5 Å². The number of rotatable bonds is 5. The van der Waals surface area contributed by atoms with E-state index in [9.17, 15) is 13.6 Å². The predicted octanol–water partition coefficient (Wildman–Crippen LogP) is 3.65. The van der Waals surface area contributed by atoms with Crippen LogP contribution >= 0.6 is 11.6 Å². The Hall–Kier alpha value is -3.33. The largest absolute Gasteiger partial charge is 0.346 e. The lowest BCUT2D eigenvalue weighted by Crippen LogP contribution is -2.24. The van der Waals surface area contributed by atoms with Crippen molar-refractivity contribution in [1.29, 1.82) is 0 Å². The number of halogens is 3. The highest BCUT2D eigenvalue weighted by Gasteiger charge is 2.22. The third-order valence-electron chi connectivity index (χ3n) is 4.46. The van der Waals surface area contributed by atoms with Crippen molar-refractivity contribution in [3.8, 4) is 11.3 Å². The first-order valence-corrected chi connectivity index (χ1v) is 9.00. The monoisotopic (exact) mass is 416 g/mol. The maximum atomic E-state index is 13.6. The smallest absolute Gasteiger partial charge is 0.280 e. The van der Waals surface area contributed by atoms with E-state index in [1.165, 1.54) is 18.5 Å². The molecule has 0 saturated carbocycles. The molecule has 0 bridgehead atoms. The molecule has 10 heteroatoms. The second-order valence-corrected chi connectivity index (χ2v) is 6.68. The van der Waals surface area contributed by atoms with Crippen LogP contribution in [0.4, 0.5) is 8.78 Å². The average Bonchev–Trinajstić information content (AvgIpc) is 3.29. The minimum absolute atomic E-state index is 0.0512. The van der Waals surface area contributed by atoms with Crippen LogP contribution in [-0.2, 0) is 13.6 Å². The molecule has 3 aromatic heterocycles. The van der Waals surface area contributed by atoms with E-state index >= 15 is 0 Å². The number of carbonyl (C=O) groups excluding carboxylic acids is 1. The number of nitrogens with zero attached hydrogens (tertiary/aromatic N) is 5. The van der Waals surface area contributed by atoms with Gasteiger partial charge < -0.3 is 5.32 Å². The van der Waals surface area contributed by atoms with Crippen LogP contribution in [0.1, 0.15) is 28.2 Å². The molecule has 1 N–H and O–H groups in total. The molecule has 0 fully saturated rings. The van der Waals surface area contributed by atoms with E-state index in [0.717, 1.165) is 4.52 Å². The summed E-state index contributed by atoms with van der Waals surface area (Å²) in [5, 5.41) is 11.1. The second kappa shape index (κ2) is 7.59. The lowest BCUT2D eigenvalue weighted by molar-refractivity contribution is 0.0951. The van der Waals surface area contributed by atoms with Crippen molar-refractivity contribution < 1.29 is 13.6 Å². The molecule has 0 aliphatic rings. The third kappa shape index (κ3) is 3.56. The zero-order chi connectivity index (χ0) is 20.5. The van der Waals surface area contributed by atoms with Gasteiger partial charge in [0.15, 0.2) is 5.65 Å². The van der Waals surface area contributed by atoms with Crippen LogP contribution in [0.3, 0.4) is 0 Å². The number of alkyl halides is 2. The molecule has 0 spiro atoms. The summed E-state index contributed by atoms with van der Waals surface area (Å²) in [4.78, 5) is 17.1. The van der Waals surface area contributed by atoms with Gasteiger partial charge in [0.05, 0.1) is 35.3 Å². The fraction of sp³-hybridized carbons (Fsp3) is 0.158. The number of benzene rings is 1. The Morgan fingerprint density at radius 2 is 1.97 bits per heavy atom. The molecule has 4 rings (SSSR count). The normalized spacial score (nSPS) is 11.3. The summed E-state index contributed by atoms with van der Waals surface area (Å²) in [6, 6.07) is 10.2. The van der Waals surface area contributed by atoms with Crippen LogP contribution in [0.25, 0.3) is 16.9 Å². The first-order valence-electron chi connectivity index (χ1n) is 8.62. The minimum atomic E-state index is -2.79. The van der Waals surface area contributed by atoms with Crippen molar-refractivity contribution in [2.45, 2.75) is 13.0 Å². The van der Waals surface area contributed by atoms with E-state index < -0.39 is 12.3 Å². The quantitative estimate of drug-likeness (QED) is 0.538. The van der Waals surface area contributed by atoms with Crippen LogP contribution < -0.4 is 5.32 Å². The summed E-state index contributed by atoms with van der Waals surface area (Å²) in [6.07, 6.45) is -0.0866. The molecule has 1 aromatic carbocycles. The molecule has 0 atom stereocenters. The zero-order valence-electron chi connectivity index (χ0n) is 15.2. The van der Waals surface area contributed by atoms with Gasteiger partial charge in [-0.2, -0.15) is 10.2 Å². The highest BCUT2D eigenvalue weighted by Crippen LogP contribution is 2.26. The Kier molecular flexibility index (Phi) is 4.98. The molecule has 0 aliphatic carbocycles. The molecule has 29 heavy (non-hydrogen) atoms. The third-order valence-corrected chi connectivity index (χ3v) is 4.78. The van der Waals surface area contributed by atoms with Gasteiger partial charge in [-0.25, -0.2) is 18.3 Å². The lowest BCUT2D eigenvalue weighted by Gasteiger charge is -2.09. The Labute approximate surface area is 168 Å². The molecule has 1 amide bonds. The van der Waals surface area contributed by atoms with Gasteiger partial charge in [0.2, 0.25) is 0 Å². The van der Waals surface area contributed by atoms with E-state index in [1.54, 1.807) is 36.0 Å². The maximum Gasteiger partial charge on any atom is 0.280 e. The van der Waals surface area contributed by atoms with Crippen molar-refractivity contribution in [2.75, 3.05) is 0 Å². The number of hydrogen-bond acceptors (Lipinski definition) is 4. The predicted molar refractivity (Wildman–Crippen MR) is 103 cm³/mol. The number of hydrogen-bond donors (Lipinski definition) is 1. The Morgan fingerprint density at radius 3 is 2.62 bits per heavy atom. The second-order valence-electron chi connectivity index (χ2n) is 6.27. The summed E-state index contributed by atoms with van der Waals surface area (Å²) in [5.41, 5.74) is 1.40. The van der Waals surface area contributed by atoms with Gasteiger partial charge in [-0.1, -0.05) is 41.9 Å². The highest BCUT2D eigenvalue weighted by molar-refractivity contribution is 6.31. The fourth-order valence-corrected chi connectivity index (χ4v) is 3.19. The van der Waals surface area contributed by atoms with Gasteiger partial charge in [0.1, 0.15) is 11.3 Å². The molecule has 4 aromatic rings. The van der Waals surface area contributed by atoms with Crippen molar-refractivity contribution in [2.24, 2.45) is 7.05 Å². The Bertz CT molecular complexity index is 1170. The Balaban J connectivity index is 1.73. The summed E-state index contributed by atoms with van der Waals surface area (Å²) in [7, 11) is 1.70. The summed E-state index contributed by atoms with van der Waals surface area (Å²) < 4.78 is 29.8. The average molecular weight is 417 g/mol. The topological polar surface area (TPSA) is 77.1 Å². The molecule has 148 valence electrons. The number of fused-ring (bicyclic) bond motifs is 1. The van der Waals surface area contributed by atoms with E-state index in [-0.39, 0.29) is 23.4 Å². The van der Waals surface area contributed by atoms with Crippen molar-refractivity contribution in [3.05, 3.63) is 70.8 Å². The minimum Gasteiger partial charge on any atom is -0.346 e. The maximum absolute atomic E-state index is 13.6. The lowest BCUT2D eigenvalue weighted by atomic mass is 10.1. The highest BCUT2D eigenvalue weighted by atomic mass is 35.5. The number of nitrogens with one attached hydrogen (secondary N) is 1. The van der Waals surface area contributed by atoms with E-state index in [1.807, 2.05) is 6.07 Å². The molecule has 0 radical (unpaired) electrons. The van der Waals surface area contributed by atoms with Gasteiger partial charge in [-0.3, -0.25) is 9.48 Å². The molecule has 7 nitrogen and oxygen atoms in total. The molecule has 0 aliphatic heterocycles. The van der Waals surface area contributed by atoms with E-state index in [0.29, 0.717) is 22.0 Å². The number of amides is 1. The SMILES string of the molecule is Cn1ncc(Cl)c1CNC(=O)c1cnn2c(C(F)F)cc(-c3ccccc3)nc12. The summed E-state index contributed by atoms with van der Waals surface area (Å²) in [5.74, 6) is -0.504. The van der Waals surface area contributed by atoms with E-state index in [4.69, 9.17) is 11.6 Å². The molecule has 3 heterocycles. The first-order chi connectivity index (χ1) is 14.0. The van der Waals surface area contributed by atoms with Crippen LogP contribution in [0.15, 0.2) is 48.8 Å². The van der Waals surface area contributed by atoms with Crippen molar-refractivity contribution in [3.63, 3.8) is 0 Å². The number of aryl methyl sites for hydroxylation is 1. The number of aromatic nitrogens is 5. The molecular formula is C19H15ClF2N6O. The van der Waals surface area contributed by atoms with Gasteiger partial charge in [0, 0.05) is 12.6 Å². The van der Waals surface area contributed by atoms with Crippen molar-refractivity contribution >= 4 is 23.2 Å². The molecular weight excluding hydrogens is 402 g/mol. The van der Waals surface area contributed by atoms with Crippen molar-refractivity contribution in [1.82, 2.24) is 29.7 Å². The summed E-state index contributed by atoms with van der Waals surface area (Å²) in [6.45, 7) is 0.117. The zero-order valence-corrected chi connectivity index (χ0v) is 15.9. The van der Waals surface area contributed by atoms with Crippen LogP contribution in [0.2, 0.25) is 5.02 Å². The van der Waals surface area contributed by atoms with Gasteiger partial charge in [-0.15, -0.1) is 0 Å². The van der Waals surface area contributed by atoms with Crippen LogP contribution in [0.5, 0.6) is 0 Å². The van der Waals surface area contributed by atoms with Gasteiger partial charge >= 0.3 is 0 Å². The number of carbonyl (C=O) groups is 1. The fourth-order valence-electron chi connectivity index (χ4n) is 2.95. The van der Waals surface area contributed by atoms with Crippen LogP contribution in [0, 0.1) is 0 Å². The van der Waals surface area contributed by atoms with Gasteiger partial charge in [-0.05, 0) is 6.07 Å². The standard InChI is InChI=1S/C19H15ClF2N6O/c1-27-16(13(20)9-24-27)10-23-19(29)12-8-25-28-15(17(21)22)7-14(26-18(12)28)11-5-3-2-4-6-11/h2-9,17H,10H2,1H3,(H,23,29).